The van der Waals surface area contributed by atoms with Crippen LogP contribution in [-0.4, -0.2) is 55.7 Å². The van der Waals surface area contributed by atoms with Crippen LogP contribution in [0.25, 0.3) is 0 Å². The highest BCUT2D eigenvalue weighted by molar-refractivity contribution is 5.92. The standard InChI is InChI=1S/C17H27N3O2/c1-19(2)15-9-7-14(8-10-15)18-17(22)13-20-11-3-5-16(20)6-4-12-21/h7-10,16,21H,3-6,11-13H2,1-2H3,(H,18,22). The van der Waals surface area contributed by atoms with Gasteiger partial charge >= 0.3 is 0 Å². The molecule has 122 valence electrons. The number of carbonyl (C=O) groups is 1. The molecule has 0 saturated carbocycles. The van der Waals surface area contributed by atoms with Crippen molar-refractivity contribution in [1.29, 1.82) is 0 Å². The van der Waals surface area contributed by atoms with E-state index >= 15 is 0 Å². The molecule has 2 rings (SSSR count). The lowest BCUT2D eigenvalue weighted by Crippen LogP contribution is -2.36. The summed E-state index contributed by atoms with van der Waals surface area (Å²) in [6.07, 6.45) is 4.06. The van der Waals surface area contributed by atoms with Gasteiger partial charge in [-0.25, -0.2) is 0 Å². The Morgan fingerprint density at radius 2 is 2.09 bits per heavy atom. The Labute approximate surface area is 132 Å². The Balaban J connectivity index is 1.84. The first-order valence-corrected chi connectivity index (χ1v) is 8.02. The molecule has 22 heavy (non-hydrogen) atoms. The molecule has 0 aliphatic carbocycles. The van der Waals surface area contributed by atoms with Gasteiger partial charge in [-0.1, -0.05) is 0 Å². The monoisotopic (exact) mass is 305 g/mol. The molecule has 5 heteroatoms. The zero-order valence-electron chi connectivity index (χ0n) is 13.6. The average Bonchev–Trinajstić information content (AvgIpc) is 2.92. The minimum atomic E-state index is 0.0356. The summed E-state index contributed by atoms with van der Waals surface area (Å²) in [4.78, 5) is 16.5. The van der Waals surface area contributed by atoms with Crippen LogP contribution in [0.1, 0.15) is 25.7 Å². The van der Waals surface area contributed by atoms with Crippen LogP contribution in [0.3, 0.4) is 0 Å². The molecule has 1 unspecified atom stereocenters. The van der Waals surface area contributed by atoms with Gasteiger partial charge in [0.25, 0.3) is 0 Å². The van der Waals surface area contributed by atoms with Crippen molar-refractivity contribution in [2.24, 2.45) is 0 Å². The third-order valence-corrected chi connectivity index (χ3v) is 4.21. The van der Waals surface area contributed by atoms with E-state index in [1.807, 2.05) is 43.3 Å². The van der Waals surface area contributed by atoms with Crippen molar-refractivity contribution in [2.75, 3.05) is 44.0 Å². The summed E-state index contributed by atoms with van der Waals surface area (Å²) in [5.74, 6) is 0.0356. The summed E-state index contributed by atoms with van der Waals surface area (Å²) in [6, 6.07) is 8.29. The smallest absolute Gasteiger partial charge is 0.238 e. The summed E-state index contributed by atoms with van der Waals surface area (Å²) in [7, 11) is 3.99. The lowest BCUT2D eigenvalue weighted by molar-refractivity contribution is -0.117. The fourth-order valence-electron chi connectivity index (χ4n) is 2.99. The summed E-state index contributed by atoms with van der Waals surface area (Å²) >= 11 is 0. The lowest BCUT2D eigenvalue weighted by atomic mass is 10.1. The van der Waals surface area contributed by atoms with Crippen LogP contribution in [0.5, 0.6) is 0 Å². The van der Waals surface area contributed by atoms with E-state index in [1.165, 1.54) is 0 Å². The Kier molecular flexibility index (Phi) is 6.21. The quantitative estimate of drug-likeness (QED) is 0.808. The molecular weight excluding hydrogens is 278 g/mol. The molecule has 1 atom stereocenters. The second-order valence-electron chi connectivity index (χ2n) is 6.12. The Hall–Kier alpha value is -1.59. The van der Waals surface area contributed by atoms with E-state index in [-0.39, 0.29) is 12.5 Å². The highest BCUT2D eigenvalue weighted by Gasteiger charge is 2.25. The van der Waals surface area contributed by atoms with Gasteiger partial charge < -0.3 is 15.3 Å². The molecule has 1 aromatic rings. The maximum absolute atomic E-state index is 12.2. The van der Waals surface area contributed by atoms with Gasteiger partial charge in [0.05, 0.1) is 6.54 Å². The van der Waals surface area contributed by atoms with Gasteiger partial charge in [-0.2, -0.15) is 0 Å². The summed E-state index contributed by atoms with van der Waals surface area (Å²) in [5.41, 5.74) is 1.95. The maximum Gasteiger partial charge on any atom is 0.238 e. The number of nitrogens with one attached hydrogen (secondary N) is 1. The fraction of sp³-hybridized carbons (Fsp3) is 0.588. The van der Waals surface area contributed by atoms with E-state index in [2.05, 4.69) is 10.2 Å². The second kappa shape index (κ2) is 8.15. The number of aliphatic hydroxyl groups is 1. The molecule has 1 saturated heterocycles. The number of hydrogen-bond acceptors (Lipinski definition) is 4. The summed E-state index contributed by atoms with van der Waals surface area (Å²) in [5, 5.41) is 11.9. The Bertz CT molecular complexity index is 473. The molecular formula is C17H27N3O2. The molecule has 5 nitrogen and oxygen atoms in total. The van der Waals surface area contributed by atoms with Crippen LogP contribution >= 0.6 is 0 Å². The van der Waals surface area contributed by atoms with Gasteiger partial charge in [0, 0.05) is 38.1 Å². The van der Waals surface area contributed by atoms with Crippen molar-refractivity contribution in [3.05, 3.63) is 24.3 Å². The van der Waals surface area contributed by atoms with Crippen molar-refractivity contribution in [2.45, 2.75) is 31.7 Å². The van der Waals surface area contributed by atoms with E-state index < -0.39 is 0 Å². The molecule has 1 aliphatic rings. The molecule has 1 aliphatic heterocycles. The molecule has 1 fully saturated rings. The van der Waals surface area contributed by atoms with Crippen molar-refractivity contribution in [3.8, 4) is 0 Å². The van der Waals surface area contributed by atoms with Crippen molar-refractivity contribution in [1.82, 2.24) is 4.90 Å². The Morgan fingerprint density at radius 3 is 2.73 bits per heavy atom. The molecule has 2 N–H and O–H groups in total. The number of carbonyl (C=O) groups excluding carboxylic acids is 1. The largest absolute Gasteiger partial charge is 0.396 e. The minimum Gasteiger partial charge on any atom is -0.396 e. The average molecular weight is 305 g/mol. The first kappa shape index (κ1) is 16.8. The zero-order valence-corrected chi connectivity index (χ0v) is 13.6. The van der Waals surface area contributed by atoms with Gasteiger partial charge in [0.2, 0.25) is 5.91 Å². The number of benzene rings is 1. The number of rotatable bonds is 7. The molecule has 0 radical (unpaired) electrons. The van der Waals surface area contributed by atoms with Gasteiger partial charge in [-0.05, 0) is 56.5 Å². The predicted octanol–water partition coefficient (Wildman–Crippen LogP) is 1.93. The number of amides is 1. The molecule has 1 aromatic carbocycles. The normalized spacial score (nSPS) is 18.4. The Morgan fingerprint density at radius 1 is 1.36 bits per heavy atom. The SMILES string of the molecule is CN(C)c1ccc(NC(=O)CN2CCCC2CCCO)cc1. The van der Waals surface area contributed by atoms with E-state index in [0.717, 1.165) is 43.6 Å². The van der Waals surface area contributed by atoms with Crippen molar-refractivity contribution >= 4 is 17.3 Å². The topological polar surface area (TPSA) is 55.8 Å². The minimum absolute atomic E-state index is 0.0356. The van der Waals surface area contributed by atoms with Gasteiger partial charge in [-0.3, -0.25) is 9.69 Å². The molecule has 0 spiro atoms. The molecule has 0 bridgehead atoms. The number of likely N-dealkylation sites (tertiary alicyclic amines) is 1. The van der Waals surface area contributed by atoms with E-state index in [0.29, 0.717) is 12.6 Å². The lowest BCUT2D eigenvalue weighted by Gasteiger charge is -2.23. The zero-order chi connectivity index (χ0) is 15.9. The fourth-order valence-corrected chi connectivity index (χ4v) is 2.99. The van der Waals surface area contributed by atoms with E-state index in [9.17, 15) is 4.79 Å². The first-order valence-electron chi connectivity index (χ1n) is 8.02. The highest BCUT2D eigenvalue weighted by Crippen LogP contribution is 2.21. The highest BCUT2D eigenvalue weighted by atomic mass is 16.3. The van der Waals surface area contributed by atoms with Gasteiger partial charge in [0.1, 0.15) is 0 Å². The third-order valence-electron chi connectivity index (χ3n) is 4.21. The number of nitrogens with zero attached hydrogens (tertiary/aromatic N) is 2. The summed E-state index contributed by atoms with van der Waals surface area (Å²) in [6.45, 7) is 1.64. The van der Waals surface area contributed by atoms with E-state index in [4.69, 9.17) is 5.11 Å². The molecule has 0 aromatic heterocycles. The van der Waals surface area contributed by atoms with Crippen LogP contribution in [0.15, 0.2) is 24.3 Å². The van der Waals surface area contributed by atoms with Crippen molar-refractivity contribution in [3.63, 3.8) is 0 Å². The van der Waals surface area contributed by atoms with Crippen molar-refractivity contribution < 1.29 is 9.90 Å². The van der Waals surface area contributed by atoms with Crippen LogP contribution in [0.4, 0.5) is 11.4 Å². The number of anilines is 2. The van der Waals surface area contributed by atoms with Crippen LogP contribution in [0.2, 0.25) is 0 Å². The molecule has 1 heterocycles. The summed E-state index contributed by atoms with van der Waals surface area (Å²) < 4.78 is 0. The van der Waals surface area contributed by atoms with Crippen LogP contribution in [-0.2, 0) is 4.79 Å². The first-order chi connectivity index (χ1) is 10.6. The van der Waals surface area contributed by atoms with Crippen LogP contribution in [0, 0.1) is 0 Å². The maximum atomic E-state index is 12.2. The van der Waals surface area contributed by atoms with Gasteiger partial charge in [-0.15, -0.1) is 0 Å². The predicted molar refractivity (Wildman–Crippen MR) is 90.3 cm³/mol. The number of hydrogen-bond donors (Lipinski definition) is 2. The molecule has 1 amide bonds. The number of aliphatic hydroxyl groups excluding tert-OH is 1. The second-order valence-corrected chi connectivity index (χ2v) is 6.12. The van der Waals surface area contributed by atoms with Gasteiger partial charge in [0.15, 0.2) is 0 Å². The van der Waals surface area contributed by atoms with E-state index in [1.54, 1.807) is 0 Å². The third kappa shape index (κ3) is 4.71. The van der Waals surface area contributed by atoms with Crippen LogP contribution < -0.4 is 10.2 Å².